The Kier molecular flexibility index (Phi) is 8.12. The molecule has 2 heterocycles. The van der Waals surface area contributed by atoms with E-state index < -0.39 is 0 Å². The van der Waals surface area contributed by atoms with Crippen LogP contribution in [0.1, 0.15) is 5.69 Å². The zero-order valence-corrected chi connectivity index (χ0v) is 20.9. The smallest absolute Gasteiger partial charge is 0.244 e. The number of carbonyl (C=O) groups excluding carboxylic acids is 1. The van der Waals surface area contributed by atoms with E-state index in [0.717, 1.165) is 43.3 Å². The second-order valence-electron chi connectivity index (χ2n) is 8.57. The number of methoxy groups -OCH3 is 3. The number of hydrogen-bond acceptors (Lipinski definition) is 7. The minimum Gasteiger partial charge on any atom is -0.497 e. The monoisotopic (exact) mass is 492 g/mol. The van der Waals surface area contributed by atoms with E-state index in [2.05, 4.69) is 27.2 Å². The van der Waals surface area contributed by atoms with Crippen molar-refractivity contribution in [2.24, 2.45) is 0 Å². The Balaban J connectivity index is 1.43. The van der Waals surface area contributed by atoms with Gasteiger partial charge in [0, 0.05) is 61.9 Å². The van der Waals surface area contributed by atoms with Crippen LogP contribution in [0.2, 0.25) is 0 Å². The lowest BCUT2D eigenvalue weighted by Crippen LogP contribution is -2.46. The van der Waals surface area contributed by atoms with Crippen LogP contribution in [0, 0.1) is 0 Å². The van der Waals surface area contributed by atoms with E-state index in [0.29, 0.717) is 18.0 Å². The predicted octanol–water partition coefficient (Wildman–Crippen LogP) is 2.83. The number of nitrogens with one attached hydrogen (secondary N) is 1. The number of pyridine rings is 1. The van der Waals surface area contributed by atoms with Gasteiger partial charge in [-0.1, -0.05) is 6.07 Å². The summed E-state index contributed by atoms with van der Waals surface area (Å²) in [6, 6.07) is 16.8. The molecule has 9 nitrogen and oxygen atoms in total. The Bertz CT molecular complexity index is 1230. The molecule has 0 radical (unpaired) electrons. The molecule has 1 aromatic heterocycles. The predicted molar refractivity (Wildman–Crippen MR) is 139 cm³/mol. The molecule has 9 heteroatoms. The van der Waals surface area contributed by atoms with E-state index in [9.17, 15) is 9.59 Å². The second-order valence-corrected chi connectivity index (χ2v) is 8.57. The van der Waals surface area contributed by atoms with Crippen molar-refractivity contribution in [3.63, 3.8) is 0 Å². The highest BCUT2D eigenvalue weighted by Crippen LogP contribution is 2.21. The summed E-state index contributed by atoms with van der Waals surface area (Å²) in [5, 5.41) is 2.89. The van der Waals surface area contributed by atoms with E-state index in [-0.39, 0.29) is 23.6 Å². The molecule has 0 saturated carbocycles. The van der Waals surface area contributed by atoms with Crippen molar-refractivity contribution in [2.75, 3.05) is 57.7 Å². The minimum absolute atomic E-state index is 0.0506. The summed E-state index contributed by atoms with van der Waals surface area (Å²) in [4.78, 5) is 30.0. The molecule has 1 N–H and O–H groups in total. The fourth-order valence-electron chi connectivity index (χ4n) is 4.27. The second kappa shape index (κ2) is 11.6. The molecule has 190 valence electrons. The third-order valence-electron chi connectivity index (χ3n) is 6.27. The zero-order chi connectivity index (χ0) is 25.5. The molecule has 0 aliphatic carbocycles. The number of nitrogens with zero attached hydrogens (tertiary/aromatic N) is 3. The van der Waals surface area contributed by atoms with Crippen molar-refractivity contribution < 1.29 is 19.0 Å². The van der Waals surface area contributed by atoms with E-state index in [1.165, 1.54) is 7.11 Å². The third-order valence-corrected chi connectivity index (χ3v) is 6.27. The van der Waals surface area contributed by atoms with Crippen LogP contribution in [-0.4, -0.2) is 62.9 Å². The van der Waals surface area contributed by atoms with Gasteiger partial charge in [-0.05, 0) is 36.4 Å². The fraction of sp³-hybridized carbons (Fsp3) is 0.333. The van der Waals surface area contributed by atoms with Crippen LogP contribution in [-0.2, 0) is 17.9 Å². The molecule has 1 aliphatic heterocycles. The molecular formula is C27H32N4O5. The van der Waals surface area contributed by atoms with E-state index in [1.807, 2.05) is 24.3 Å². The summed E-state index contributed by atoms with van der Waals surface area (Å²) in [6.07, 6.45) is 1.61. The number of hydrogen-bond donors (Lipinski definition) is 1. The molecular weight excluding hydrogens is 460 g/mol. The van der Waals surface area contributed by atoms with Gasteiger partial charge in [-0.15, -0.1) is 0 Å². The van der Waals surface area contributed by atoms with Crippen molar-refractivity contribution in [3.8, 4) is 17.2 Å². The summed E-state index contributed by atoms with van der Waals surface area (Å²) in [6.45, 7) is 4.01. The highest BCUT2D eigenvalue weighted by Gasteiger charge is 2.20. The van der Waals surface area contributed by atoms with E-state index in [4.69, 9.17) is 14.2 Å². The lowest BCUT2D eigenvalue weighted by molar-refractivity contribution is -0.116. The van der Waals surface area contributed by atoms with Gasteiger partial charge in [0.2, 0.25) is 11.3 Å². The quantitative estimate of drug-likeness (QED) is 0.492. The first-order valence-electron chi connectivity index (χ1n) is 11.8. The Labute approximate surface area is 210 Å². The lowest BCUT2D eigenvalue weighted by atomic mass is 10.2. The number of ether oxygens (including phenoxy) is 3. The molecule has 1 amide bonds. The van der Waals surface area contributed by atoms with Gasteiger partial charge in [-0.25, -0.2) is 0 Å². The number of rotatable bonds is 9. The maximum Gasteiger partial charge on any atom is 0.244 e. The van der Waals surface area contributed by atoms with Gasteiger partial charge >= 0.3 is 0 Å². The van der Waals surface area contributed by atoms with Crippen LogP contribution in [0.5, 0.6) is 17.2 Å². The van der Waals surface area contributed by atoms with Crippen molar-refractivity contribution in [1.29, 1.82) is 0 Å². The Morgan fingerprint density at radius 1 is 0.889 bits per heavy atom. The molecule has 1 aliphatic rings. The molecule has 2 aromatic carbocycles. The largest absolute Gasteiger partial charge is 0.497 e. The van der Waals surface area contributed by atoms with Crippen LogP contribution < -0.4 is 29.9 Å². The summed E-state index contributed by atoms with van der Waals surface area (Å²) in [7, 11) is 4.70. The van der Waals surface area contributed by atoms with E-state index >= 15 is 0 Å². The van der Waals surface area contributed by atoms with Crippen LogP contribution in [0.4, 0.5) is 11.4 Å². The summed E-state index contributed by atoms with van der Waals surface area (Å²) >= 11 is 0. The van der Waals surface area contributed by atoms with Gasteiger partial charge in [0.1, 0.15) is 18.0 Å². The number of aromatic nitrogens is 1. The van der Waals surface area contributed by atoms with E-state index in [1.54, 1.807) is 43.2 Å². The maximum absolute atomic E-state index is 12.8. The van der Waals surface area contributed by atoms with Crippen molar-refractivity contribution >= 4 is 17.3 Å². The number of carbonyl (C=O) groups is 1. The average Bonchev–Trinajstić information content (AvgIpc) is 2.90. The van der Waals surface area contributed by atoms with Crippen LogP contribution in [0.3, 0.4) is 0 Å². The molecule has 0 spiro atoms. The summed E-state index contributed by atoms with van der Waals surface area (Å²) in [5.74, 6) is 1.49. The van der Waals surface area contributed by atoms with Crippen molar-refractivity contribution in [3.05, 3.63) is 76.7 Å². The highest BCUT2D eigenvalue weighted by molar-refractivity contribution is 5.90. The van der Waals surface area contributed by atoms with Gasteiger partial charge < -0.3 is 29.0 Å². The first-order valence-corrected chi connectivity index (χ1v) is 11.8. The van der Waals surface area contributed by atoms with Gasteiger partial charge in [0.15, 0.2) is 5.75 Å². The average molecular weight is 493 g/mol. The van der Waals surface area contributed by atoms with Crippen LogP contribution >= 0.6 is 0 Å². The molecule has 0 atom stereocenters. The van der Waals surface area contributed by atoms with Crippen molar-refractivity contribution in [2.45, 2.75) is 13.1 Å². The zero-order valence-electron chi connectivity index (χ0n) is 20.9. The van der Waals surface area contributed by atoms with Gasteiger partial charge in [-0.2, -0.15) is 0 Å². The number of anilines is 2. The Morgan fingerprint density at radius 3 is 2.28 bits per heavy atom. The van der Waals surface area contributed by atoms with Gasteiger partial charge in [0.25, 0.3) is 0 Å². The Morgan fingerprint density at radius 2 is 1.61 bits per heavy atom. The van der Waals surface area contributed by atoms with Crippen LogP contribution in [0.15, 0.2) is 65.6 Å². The summed E-state index contributed by atoms with van der Waals surface area (Å²) < 4.78 is 17.5. The highest BCUT2D eigenvalue weighted by atomic mass is 16.5. The minimum atomic E-state index is -0.209. The van der Waals surface area contributed by atoms with Crippen molar-refractivity contribution in [1.82, 2.24) is 9.47 Å². The first kappa shape index (κ1) is 25.1. The molecule has 0 bridgehead atoms. The first-order chi connectivity index (χ1) is 17.5. The normalized spacial score (nSPS) is 13.8. The van der Waals surface area contributed by atoms with Crippen LogP contribution in [0.25, 0.3) is 0 Å². The number of benzene rings is 2. The number of amides is 1. The maximum atomic E-state index is 12.8. The Hall–Kier alpha value is -3.98. The molecule has 0 unspecified atom stereocenters. The third kappa shape index (κ3) is 6.17. The molecule has 3 aromatic rings. The SMILES string of the molecule is COc1ccc(N2CCN(Cc3cc(=O)c(OC)cn3CC(=O)Nc3cccc(OC)c3)CC2)cc1. The fourth-order valence-corrected chi connectivity index (χ4v) is 4.27. The molecule has 36 heavy (non-hydrogen) atoms. The summed E-state index contributed by atoms with van der Waals surface area (Å²) in [5.41, 5.74) is 2.36. The standard InChI is InChI=1S/C27H32N4O5/c1-34-23-9-7-21(8-10-23)30-13-11-29(12-14-30)17-22-16-25(32)26(36-3)18-31(22)19-27(33)28-20-5-4-6-24(15-20)35-2/h4-10,15-16,18H,11-14,17,19H2,1-3H3,(H,28,33). The van der Waals surface area contributed by atoms with Gasteiger partial charge in [-0.3, -0.25) is 14.5 Å². The topological polar surface area (TPSA) is 85.3 Å². The molecule has 1 saturated heterocycles. The molecule has 4 rings (SSSR count). The molecule has 1 fully saturated rings. The van der Waals surface area contributed by atoms with Gasteiger partial charge in [0.05, 0.1) is 27.5 Å². The lowest BCUT2D eigenvalue weighted by Gasteiger charge is -2.36. The number of piperazine rings is 1.